The maximum absolute atomic E-state index is 2.48. The Morgan fingerprint density at radius 3 is 1.68 bits per heavy atom. The highest BCUT2D eigenvalue weighted by Gasteiger charge is 2.23. The van der Waals surface area contributed by atoms with Crippen molar-refractivity contribution in [3.05, 3.63) is 243 Å². The number of rotatable bonds is 8. The van der Waals surface area contributed by atoms with Crippen molar-refractivity contribution in [2.75, 3.05) is 4.90 Å². The average Bonchev–Trinajstić information content (AvgIpc) is 3.92. The molecule has 63 heavy (non-hydrogen) atoms. The maximum atomic E-state index is 2.48. The SMILES string of the molecule is c1ccc(-c2ccccc2-c2cccc(N(c3ccc(-c4cccc5c4sc4ccccc45)c(-c4ccccc4)c3)c3cccc4c3c3ccccc3n4-c3ccccc3)c2)cc1. The van der Waals surface area contributed by atoms with Gasteiger partial charge in [-0.15, -0.1) is 11.3 Å². The van der Waals surface area contributed by atoms with E-state index in [0.29, 0.717) is 0 Å². The molecule has 0 aliphatic rings. The molecule has 0 aliphatic heterocycles. The van der Waals surface area contributed by atoms with Crippen molar-refractivity contribution in [1.29, 1.82) is 0 Å². The van der Waals surface area contributed by atoms with E-state index < -0.39 is 0 Å². The first-order valence-corrected chi connectivity index (χ1v) is 22.3. The predicted molar refractivity (Wildman–Crippen MR) is 270 cm³/mol. The van der Waals surface area contributed by atoms with Crippen LogP contribution in [-0.2, 0) is 0 Å². The van der Waals surface area contributed by atoms with E-state index in [1.165, 1.54) is 75.4 Å². The van der Waals surface area contributed by atoms with Gasteiger partial charge >= 0.3 is 0 Å². The molecule has 0 bridgehead atoms. The first-order valence-electron chi connectivity index (χ1n) is 21.5. The second-order valence-electron chi connectivity index (χ2n) is 16.0. The topological polar surface area (TPSA) is 8.17 Å². The van der Waals surface area contributed by atoms with Gasteiger partial charge in [-0.05, 0) is 99.6 Å². The Hall–Kier alpha value is -7.98. The van der Waals surface area contributed by atoms with Crippen LogP contribution in [0.15, 0.2) is 243 Å². The van der Waals surface area contributed by atoms with Crippen LogP contribution < -0.4 is 4.90 Å². The molecule has 2 heterocycles. The smallest absolute Gasteiger partial charge is 0.0562 e. The Bertz CT molecular complexity index is 3620. The van der Waals surface area contributed by atoms with Gasteiger partial charge in [0, 0.05) is 53.6 Å². The van der Waals surface area contributed by atoms with Crippen LogP contribution in [0, 0.1) is 0 Å². The second-order valence-corrected chi connectivity index (χ2v) is 17.1. The molecule has 10 aromatic carbocycles. The van der Waals surface area contributed by atoms with Crippen LogP contribution in [0.4, 0.5) is 17.1 Å². The number of hydrogen-bond donors (Lipinski definition) is 0. The van der Waals surface area contributed by atoms with Gasteiger partial charge in [-0.1, -0.05) is 182 Å². The number of hydrogen-bond acceptors (Lipinski definition) is 2. The molecule has 0 unspecified atom stereocenters. The lowest BCUT2D eigenvalue weighted by molar-refractivity contribution is 1.18. The van der Waals surface area contributed by atoms with Gasteiger partial charge in [-0.3, -0.25) is 0 Å². The Morgan fingerprint density at radius 1 is 0.333 bits per heavy atom. The van der Waals surface area contributed by atoms with E-state index in [4.69, 9.17) is 0 Å². The molecule has 0 saturated heterocycles. The van der Waals surface area contributed by atoms with Gasteiger partial charge < -0.3 is 9.47 Å². The van der Waals surface area contributed by atoms with Crippen LogP contribution in [-0.4, -0.2) is 4.57 Å². The largest absolute Gasteiger partial charge is 0.310 e. The zero-order valence-corrected chi connectivity index (χ0v) is 35.2. The molecule has 296 valence electrons. The number of fused-ring (bicyclic) bond motifs is 6. The summed E-state index contributed by atoms with van der Waals surface area (Å²) in [5.74, 6) is 0. The van der Waals surface area contributed by atoms with Gasteiger partial charge in [0.25, 0.3) is 0 Å². The zero-order chi connectivity index (χ0) is 41.7. The summed E-state index contributed by atoms with van der Waals surface area (Å²) in [6.07, 6.45) is 0. The molecule has 0 fully saturated rings. The summed E-state index contributed by atoms with van der Waals surface area (Å²) in [4.78, 5) is 2.48. The van der Waals surface area contributed by atoms with Gasteiger partial charge in [0.15, 0.2) is 0 Å². The molecule has 0 N–H and O–H groups in total. The van der Waals surface area contributed by atoms with Crippen molar-refractivity contribution in [2.24, 2.45) is 0 Å². The molecule has 0 spiro atoms. The highest BCUT2D eigenvalue weighted by Crippen LogP contribution is 2.48. The molecule has 3 heteroatoms. The van der Waals surface area contributed by atoms with Crippen molar-refractivity contribution in [3.63, 3.8) is 0 Å². The van der Waals surface area contributed by atoms with E-state index >= 15 is 0 Å². The van der Waals surface area contributed by atoms with Gasteiger partial charge in [0.1, 0.15) is 0 Å². The normalized spacial score (nSPS) is 11.5. The average molecular weight is 821 g/mol. The van der Waals surface area contributed by atoms with Crippen LogP contribution in [0.1, 0.15) is 0 Å². The van der Waals surface area contributed by atoms with Crippen LogP contribution in [0.25, 0.3) is 92.2 Å². The molecule has 12 rings (SSSR count). The van der Waals surface area contributed by atoms with E-state index in [2.05, 4.69) is 252 Å². The molecule has 2 aromatic heterocycles. The molecule has 2 nitrogen and oxygen atoms in total. The number of nitrogens with zero attached hydrogens (tertiary/aromatic N) is 2. The minimum atomic E-state index is 1.08. The molecular formula is C60H40N2S. The summed E-state index contributed by atoms with van der Waals surface area (Å²) in [6.45, 7) is 0. The zero-order valence-electron chi connectivity index (χ0n) is 34.4. The first-order chi connectivity index (χ1) is 31.3. The third-order valence-electron chi connectivity index (χ3n) is 12.4. The third kappa shape index (κ3) is 6.33. The van der Waals surface area contributed by atoms with E-state index in [1.807, 2.05) is 11.3 Å². The molecule has 0 saturated carbocycles. The van der Waals surface area contributed by atoms with E-state index in [1.54, 1.807) is 0 Å². The van der Waals surface area contributed by atoms with Crippen LogP contribution in [0.5, 0.6) is 0 Å². The monoisotopic (exact) mass is 820 g/mol. The fraction of sp³-hybridized carbons (Fsp3) is 0. The van der Waals surface area contributed by atoms with Gasteiger partial charge in [-0.2, -0.15) is 0 Å². The fourth-order valence-corrected chi connectivity index (χ4v) is 10.8. The third-order valence-corrected chi connectivity index (χ3v) is 13.6. The quantitative estimate of drug-likeness (QED) is 0.148. The highest BCUT2D eigenvalue weighted by atomic mass is 32.1. The lowest BCUT2D eigenvalue weighted by Crippen LogP contribution is -2.11. The Morgan fingerprint density at radius 2 is 0.889 bits per heavy atom. The summed E-state index contributed by atoms with van der Waals surface area (Å²) in [6, 6.07) is 88.4. The number of anilines is 3. The number of benzene rings is 10. The molecule has 12 aromatic rings. The lowest BCUT2D eigenvalue weighted by Gasteiger charge is -2.28. The van der Waals surface area contributed by atoms with E-state index in [-0.39, 0.29) is 0 Å². The van der Waals surface area contributed by atoms with Gasteiger partial charge in [0.2, 0.25) is 0 Å². The van der Waals surface area contributed by atoms with Crippen LogP contribution in [0.3, 0.4) is 0 Å². The molecule has 0 radical (unpaired) electrons. The molecule has 0 atom stereocenters. The number of thiophene rings is 1. The van der Waals surface area contributed by atoms with Gasteiger partial charge in [0.05, 0.1) is 16.7 Å². The highest BCUT2D eigenvalue weighted by molar-refractivity contribution is 7.26. The Labute approximate surface area is 370 Å². The van der Waals surface area contributed by atoms with Crippen molar-refractivity contribution in [3.8, 4) is 50.2 Å². The number of para-hydroxylation sites is 2. The first kappa shape index (κ1) is 36.8. The lowest BCUT2D eigenvalue weighted by atomic mass is 9.92. The van der Waals surface area contributed by atoms with Crippen molar-refractivity contribution < 1.29 is 0 Å². The fourth-order valence-electron chi connectivity index (χ4n) is 9.61. The second kappa shape index (κ2) is 15.5. The van der Waals surface area contributed by atoms with Crippen molar-refractivity contribution in [1.82, 2.24) is 4.57 Å². The summed E-state index contributed by atoms with van der Waals surface area (Å²) in [5, 5.41) is 5.01. The predicted octanol–water partition coefficient (Wildman–Crippen LogP) is 17.3. The van der Waals surface area contributed by atoms with E-state index in [9.17, 15) is 0 Å². The maximum Gasteiger partial charge on any atom is 0.0562 e. The summed E-state index contributed by atoms with van der Waals surface area (Å²) < 4.78 is 5.02. The molecular weight excluding hydrogens is 781 g/mol. The van der Waals surface area contributed by atoms with Crippen LogP contribution >= 0.6 is 11.3 Å². The van der Waals surface area contributed by atoms with E-state index in [0.717, 1.165) is 33.8 Å². The summed E-state index contributed by atoms with van der Waals surface area (Å²) in [7, 11) is 0. The summed E-state index contributed by atoms with van der Waals surface area (Å²) in [5.41, 5.74) is 16.3. The van der Waals surface area contributed by atoms with Crippen molar-refractivity contribution in [2.45, 2.75) is 0 Å². The summed E-state index contributed by atoms with van der Waals surface area (Å²) >= 11 is 1.88. The molecule has 0 amide bonds. The minimum Gasteiger partial charge on any atom is -0.310 e. The minimum absolute atomic E-state index is 1.08. The number of aromatic nitrogens is 1. The van der Waals surface area contributed by atoms with Crippen molar-refractivity contribution >= 4 is 70.4 Å². The molecule has 0 aliphatic carbocycles. The van der Waals surface area contributed by atoms with Gasteiger partial charge in [-0.25, -0.2) is 0 Å². The standard InChI is InChI=1S/C60H40N2S/c1-4-19-41(20-5-1)47-27-10-11-28-48(47)43-23-16-26-45(39-43)61(56-34-18-35-57-59(56)53-30-12-14-33-55(53)62(57)44-24-8-3-9-25-44)46-37-38-49(54(40-46)42-21-6-2-7-22-42)51-31-17-32-52-50-29-13-15-36-58(50)63-60(51)52/h1-40H. The Balaban J connectivity index is 1.13. The van der Waals surface area contributed by atoms with Crippen LogP contribution in [0.2, 0.25) is 0 Å². The Kier molecular flexibility index (Phi) is 9.06.